The van der Waals surface area contributed by atoms with Gasteiger partial charge in [0.25, 0.3) is 0 Å². The Balaban J connectivity index is 3.46. The quantitative estimate of drug-likeness (QED) is 0.328. The van der Waals surface area contributed by atoms with Crippen LogP contribution < -0.4 is 0 Å². The van der Waals surface area contributed by atoms with Crippen LogP contribution in [0.1, 0.15) is 5.69 Å². The Morgan fingerprint density at radius 2 is 1.45 bits per heavy atom. The van der Waals surface area contributed by atoms with Gasteiger partial charge in [0, 0.05) is 7.14 Å². The average Bonchev–Trinajstić information content (AvgIpc) is 1.97. The molecule has 0 aliphatic carbocycles. The van der Waals surface area contributed by atoms with E-state index < -0.39 is 0 Å². The molecule has 1 nitrogen and oxygen atoms in total. The zero-order chi connectivity index (χ0) is 8.59. The molecule has 0 saturated heterocycles. The second kappa shape index (κ2) is 4.53. The van der Waals surface area contributed by atoms with Crippen LogP contribution in [0.2, 0.25) is 0 Å². The van der Waals surface area contributed by atoms with Crippen LogP contribution >= 0.6 is 90.4 Å². The maximum atomic E-state index is 4.40. The number of aryl methyl sites for hydroxylation is 1. The summed E-state index contributed by atoms with van der Waals surface area (Å²) in [5, 5.41) is 0. The largest absolute Gasteiger partial charge is 0.245 e. The van der Waals surface area contributed by atoms with Crippen molar-refractivity contribution in [3.8, 4) is 0 Å². The van der Waals surface area contributed by atoms with Gasteiger partial charge in [0.2, 0.25) is 0 Å². The highest BCUT2D eigenvalue weighted by molar-refractivity contribution is 14.1. The smallest absolute Gasteiger partial charge is 0.116 e. The van der Waals surface area contributed by atoms with Crippen LogP contribution in [-0.4, -0.2) is 4.98 Å². The van der Waals surface area contributed by atoms with Crippen molar-refractivity contribution in [3.63, 3.8) is 0 Å². The second-order valence-corrected chi connectivity index (χ2v) is 6.19. The molecule has 0 aromatic carbocycles. The van der Waals surface area contributed by atoms with Gasteiger partial charge in [-0.25, -0.2) is 4.98 Å². The zero-order valence-electron chi connectivity index (χ0n) is 5.46. The van der Waals surface area contributed by atoms with Gasteiger partial charge in [0.15, 0.2) is 0 Å². The maximum Gasteiger partial charge on any atom is 0.116 e. The van der Waals surface area contributed by atoms with E-state index in [0.29, 0.717) is 0 Å². The van der Waals surface area contributed by atoms with Crippen molar-refractivity contribution in [2.24, 2.45) is 0 Å². The number of rotatable bonds is 0. The van der Waals surface area contributed by atoms with Gasteiger partial charge < -0.3 is 0 Å². The molecule has 60 valence electrons. The van der Waals surface area contributed by atoms with E-state index in [9.17, 15) is 0 Å². The summed E-state index contributed by atoms with van der Waals surface area (Å²) >= 11 is 9.29. The molecular weight excluding hydrogens is 594 g/mol. The number of aromatic nitrogens is 1. The molecular formula is C6H3I4N. The van der Waals surface area contributed by atoms with E-state index in [1.165, 1.54) is 10.7 Å². The molecule has 1 heterocycles. The Morgan fingerprint density at radius 1 is 0.909 bits per heavy atom. The summed E-state index contributed by atoms with van der Waals surface area (Å²) in [5.74, 6) is 0. The van der Waals surface area contributed by atoms with E-state index in [1.807, 2.05) is 6.92 Å². The minimum atomic E-state index is 1.10. The second-order valence-electron chi connectivity index (χ2n) is 1.93. The Bertz CT molecular complexity index is 271. The summed E-state index contributed by atoms with van der Waals surface area (Å²) in [7, 11) is 0. The Morgan fingerprint density at radius 3 is 2.00 bits per heavy atom. The molecule has 0 radical (unpaired) electrons. The van der Waals surface area contributed by atoms with Crippen molar-refractivity contribution in [3.05, 3.63) is 20.1 Å². The zero-order valence-corrected chi connectivity index (χ0v) is 14.1. The first-order valence-corrected chi connectivity index (χ1v) is 7.02. The average molecular weight is 597 g/mol. The molecule has 0 unspecified atom stereocenters. The SMILES string of the molecule is Cc1nc(I)c(I)c(I)c1I. The lowest BCUT2D eigenvalue weighted by Crippen LogP contribution is -1.98. The fraction of sp³-hybridized carbons (Fsp3) is 0.167. The van der Waals surface area contributed by atoms with Gasteiger partial charge in [-0.1, -0.05) is 0 Å². The van der Waals surface area contributed by atoms with Crippen molar-refractivity contribution >= 4 is 90.4 Å². The predicted molar refractivity (Wildman–Crippen MR) is 79.8 cm³/mol. The highest BCUT2D eigenvalue weighted by Gasteiger charge is 2.09. The van der Waals surface area contributed by atoms with E-state index in [0.717, 1.165) is 9.39 Å². The first kappa shape index (κ1) is 11.1. The van der Waals surface area contributed by atoms with Gasteiger partial charge in [0.05, 0.1) is 9.26 Å². The van der Waals surface area contributed by atoms with Crippen LogP contribution in [0.5, 0.6) is 0 Å². The van der Waals surface area contributed by atoms with Crippen molar-refractivity contribution in [2.45, 2.75) is 6.92 Å². The lowest BCUT2D eigenvalue weighted by atomic mass is 10.4. The van der Waals surface area contributed by atoms with Crippen molar-refractivity contribution in [1.29, 1.82) is 0 Å². The molecule has 0 bridgehead atoms. The topological polar surface area (TPSA) is 12.9 Å². The minimum absolute atomic E-state index is 1.10. The third kappa shape index (κ3) is 2.51. The molecule has 0 saturated carbocycles. The number of hydrogen-bond acceptors (Lipinski definition) is 1. The standard InChI is InChI=1S/C6H3I4N/c1-2-3(7)4(8)5(9)6(10)11-2/h1H3. The molecule has 0 aliphatic rings. The van der Waals surface area contributed by atoms with Crippen molar-refractivity contribution in [1.82, 2.24) is 4.98 Å². The van der Waals surface area contributed by atoms with Gasteiger partial charge in [-0.2, -0.15) is 0 Å². The van der Waals surface area contributed by atoms with Gasteiger partial charge in [0.1, 0.15) is 3.70 Å². The molecule has 0 spiro atoms. The fourth-order valence-electron chi connectivity index (χ4n) is 0.591. The van der Waals surface area contributed by atoms with E-state index in [-0.39, 0.29) is 0 Å². The van der Waals surface area contributed by atoms with Crippen molar-refractivity contribution < 1.29 is 0 Å². The molecule has 0 aliphatic heterocycles. The number of halogens is 4. The monoisotopic (exact) mass is 597 g/mol. The number of hydrogen-bond donors (Lipinski definition) is 0. The third-order valence-electron chi connectivity index (χ3n) is 1.15. The van der Waals surface area contributed by atoms with Crippen LogP contribution in [0, 0.1) is 21.3 Å². The Labute approximate surface area is 120 Å². The molecule has 0 fully saturated rings. The van der Waals surface area contributed by atoms with Crippen LogP contribution in [0.25, 0.3) is 0 Å². The van der Waals surface area contributed by atoms with E-state index in [4.69, 9.17) is 0 Å². The molecule has 1 rings (SSSR count). The maximum absolute atomic E-state index is 4.40. The summed E-state index contributed by atoms with van der Waals surface area (Å²) in [5.41, 5.74) is 1.12. The van der Waals surface area contributed by atoms with Crippen molar-refractivity contribution in [2.75, 3.05) is 0 Å². The van der Waals surface area contributed by atoms with Crippen LogP contribution in [0.15, 0.2) is 0 Å². The molecule has 11 heavy (non-hydrogen) atoms. The lowest BCUT2D eigenvalue weighted by Gasteiger charge is -2.04. The summed E-state index contributed by atoms with van der Waals surface area (Å²) < 4.78 is 4.96. The summed E-state index contributed by atoms with van der Waals surface area (Å²) in [6.45, 7) is 2.04. The van der Waals surface area contributed by atoms with Gasteiger partial charge >= 0.3 is 0 Å². The third-order valence-corrected chi connectivity index (χ3v) is 8.48. The highest BCUT2D eigenvalue weighted by Crippen LogP contribution is 2.25. The van der Waals surface area contributed by atoms with Crippen LogP contribution in [-0.2, 0) is 0 Å². The molecule has 5 heteroatoms. The summed E-state index contributed by atoms with van der Waals surface area (Å²) in [6, 6.07) is 0. The minimum Gasteiger partial charge on any atom is -0.245 e. The predicted octanol–water partition coefficient (Wildman–Crippen LogP) is 3.81. The first-order valence-electron chi connectivity index (χ1n) is 2.70. The lowest BCUT2D eigenvalue weighted by molar-refractivity contribution is 1.11. The fourth-order valence-corrected chi connectivity index (χ4v) is 3.68. The number of nitrogens with zero attached hydrogens (tertiary/aromatic N) is 1. The van der Waals surface area contributed by atoms with Gasteiger partial charge in [-0.05, 0) is 97.3 Å². The normalized spacial score (nSPS) is 10.3. The molecule has 1 aromatic rings. The van der Waals surface area contributed by atoms with E-state index >= 15 is 0 Å². The molecule has 0 amide bonds. The van der Waals surface area contributed by atoms with Crippen LogP contribution in [0.4, 0.5) is 0 Å². The Hall–Kier alpha value is 2.07. The summed E-state index contributed by atoms with van der Waals surface area (Å²) in [4.78, 5) is 4.40. The summed E-state index contributed by atoms with van der Waals surface area (Å²) in [6.07, 6.45) is 0. The van der Waals surface area contributed by atoms with Crippen LogP contribution in [0.3, 0.4) is 0 Å². The van der Waals surface area contributed by atoms with E-state index in [2.05, 4.69) is 95.3 Å². The molecule has 0 atom stereocenters. The van der Waals surface area contributed by atoms with Gasteiger partial charge in [-0.15, -0.1) is 0 Å². The molecule has 0 N–H and O–H groups in total. The highest BCUT2D eigenvalue weighted by atomic mass is 127. The number of pyridine rings is 1. The van der Waals surface area contributed by atoms with Gasteiger partial charge in [-0.3, -0.25) is 0 Å². The Kier molecular flexibility index (Phi) is 4.59. The van der Waals surface area contributed by atoms with E-state index in [1.54, 1.807) is 0 Å². The first-order chi connectivity index (χ1) is 5.04. The molecule has 1 aromatic heterocycles.